The van der Waals surface area contributed by atoms with Crippen LogP contribution in [-0.2, 0) is 9.59 Å². The fraction of sp³-hybridized carbons (Fsp3) is 0.467. The number of hydrogen-bond acceptors (Lipinski definition) is 5. The summed E-state index contributed by atoms with van der Waals surface area (Å²) in [6, 6.07) is 3.68. The minimum atomic E-state index is -4.37. The van der Waals surface area contributed by atoms with E-state index in [2.05, 4.69) is 5.32 Å². The van der Waals surface area contributed by atoms with Gasteiger partial charge in [0, 0.05) is 11.6 Å². The van der Waals surface area contributed by atoms with E-state index in [9.17, 15) is 22.8 Å². The zero-order valence-corrected chi connectivity index (χ0v) is 14.4. The second kappa shape index (κ2) is 9.40. The monoisotopic (exact) mass is 381 g/mol. The maximum absolute atomic E-state index is 12.1. The second-order valence-corrected chi connectivity index (χ2v) is 5.92. The molecule has 1 amide bonds. The van der Waals surface area contributed by atoms with Crippen molar-refractivity contribution >= 4 is 23.6 Å². The van der Waals surface area contributed by atoms with E-state index in [0.29, 0.717) is 28.8 Å². The molecule has 1 atom stereocenters. The number of thioether (sulfide) groups is 1. The Bertz CT molecular complexity index is 609. The topological polar surface area (TPSA) is 84.9 Å². The van der Waals surface area contributed by atoms with Crippen LogP contribution in [0.4, 0.5) is 13.2 Å². The molecule has 0 radical (unpaired) electrons. The first-order valence-electron chi connectivity index (χ1n) is 7.04. The highest BCUT2D eigenvalue weighted by Gasteiger charge is 2.28. The van der Waals surface area contributed by atoms with E-state index in [1.165, 1.54) is 26.4 Å². The summed E-state index contributed by atoms with van der Waals surface area (Å²) in [5.41, 5.74) is 0.389. The van der Waals surface area contributed by atoms with E-state index in [1.54, 1.807) is 6.07 Å². The Morgan fingerprint density at radius 3 is 2.48 bits per heavy atom. The molecule has 1 aromatic carbocycles. The third-order valence-electron chi connectivity index (χ3n) is 3.03. The first kappa shape index (κ1) is 20.9. The molecule has 0 aromatic heterocycles. The SMILES string of the molecule is COc1ccc(C(CC(=O)O)NC(=O)CSCC(F)(F)F)c(OC)c1. The van der Waals surface area contributed by atoms with Crippen LogP contribution in [0.2, 0.25) is 0 Å². The molecule has 0 saturated heterocycles. The molecule has 0 aliphatic carbocycles. The Morgan fingerprint density at radius 2 is 1.96 bits per heavy atom. The quantitative estimate of drug-likeness (QED) is 0.684. The summed E-state index contributed by atoms with van der Waals surface area (Å²) >= 11 is 0.405. The van der Waals surface area contributed by atoms with Gasteiger partial charge in [-0.25, -0.2) is 0 Å². The Labute approximate surface area is 146 Å². The number of alkyl halides is 3. The van der Waals surface area contributed by atoms with Gasteiger partial charge in [0.05, 0.1) is 38.2 Å². The van der Waals surface area contributed by atoms with Crippen molar-refractivity contribution in [3.05, 3.63) is 23.8 Å². The molecule has 0 saturated carbocycles. The van der Waals surface area contributed by atoms with Gasteiger partial charge in [0.1, 0.15) is 11.5 Å². The molecule has 0 aliphatic rings. The van der Waals surface area contributed by atoms with Crippen LogP contribution in [0.5, 0.6) is 11.5 Å². The number of carbonyl (C=O) groups is 2. The van der Waals surface area contributed by atoms with Crippen LogP contribution in [0.1, 0.15) is 18.0 Å². The summed E-state index contributed by atoms with van der Waals surface area (Å²) in [5.74, 6) is -2.69. The van der Waals surface area contributed by atoms with Gasteiger partial charge in [0.25, 0.3) is 0 Å². The lowest BCUT2D eigenvalue weighted by Gasteiger charge is -2.20. The minimum Gasteiger partial charge on any atom is -0.497 e. The first-order chi connectivity index (χ1) is 11.7. The van der Waals surface area contributed by atoms with Gasteiger partial charge in [-0.3, -0.25) is 9.59 Å². The number of carbonyl (C=O) groups excluding carboxylic acids is 1. The average molecular weight is 381 g/mol. The number of halogens is 3. The molecule has 0 fully saturated rings. The van der Waals surface area contributed by atoms with Gasteiger partial charge in [-0.05, 0) is 12.1 Å². The number of rotatable bonds is 9. The number of ether oxygens (including phenoxy) is 2. The van der Waals surface area contributed by atoms with Crippen molar-refractivity contribution in [3.8, 4) is 11.5 Å². The number of nitrogens with one attached hydrogen (secondary N) is 1. The van der Waals surface area contributed by atoms with Crippen LogP contribution in [-0.4, -0.2) is 48.9 Å². The molecule has 2 N–H and O–H groups in total. The molecule has 10 heteroatoms. The zero-order valence-electron chi connectivity index (χ0n) is 13.6. The predicted molar refractivity (Wildman–Crippen MR) is 86.1 cm³/mol. The number of amides is 1. The standard InChI is InChI=1S/C15H18F3NO5S/c1-23-9-3-4-10(12(5-9)24-2)11(6-14(21)22)19-13(20)7-25-8-15(16,17)18/h3-5,11H,6-8H2,1-2H3,(H,19,20)(H,21,22). The molecule has 0 heterocycles. The Balaban J connectivity index is 2.87. The van der Waals surface area contributed by atoms with Gasteiger partial charge >= 0.3 is 12.1 Å². The smallest absolute Gasteiger partial charge is 0.397 e. The number of aliphatic carboxylic acids is 1. The summed E-state index contributed by atoms with van der Waals surface area (Å²) in [5, 5.41) is 11.5. The van der Waals surface area contributed by atoms with E-state index in [4.69, 9.17) is 14.6 Å². The fourth-order valence-electron chi connectivity index (χ4n) is 2.02. The molecule has 25 heavy (non-hydrogen) atoms. The molecule has 1 rings (SSSR count). The maximum Gasteiger partial charge on any atom is 0.397 e. The fourth-order valence-corrected chi connectivity index (χ4v) is 2.62. The predicted octanol–water partition coefficient (Wildman–Crippen LogP) is 2.63. The van der Waals surface area contributed by atoms with Crippen molar-refractivity contribution in [1.29, 1.82) is 0 Å². The van der Waals surface area contributed by atoms with Crippen molar-refractivity contribution < 1.29 is 37.3 Å². The molecule has 0 bridgehead atoms. The normalized spacial score (nSPS) is 12.4. The van der Waals surface area contributed by atoms with Crippen LogP contribution < -0.4 is 14.8 Å². The molecular weight excluding hydrogens is 363 g/mol. The Morgan fingerprint density at radius 1 is 1.28 bits per heavy atom. The van der Waals surface area contributed by atoms with Crippen LogP contribution in [0.25, 0.3) is 0 Å². The van der Waals surface area contributed by atoms with Crippen molar-refractivity contribution in [3.63, 3.8) is 0 Å². The summed E-state index contributed by atoms with van der Waals surface area (Å²) < 4.78 is 46.6. The van der Waals surface area contributed by atoms with Gasteiger partial charge in [-0.15, -0.1) is 11.8 Å². The van der Waals surface area contributed by atoms with Crippen LogP contribution in [0.15, 0.2) is 18.2 Å². The molecule has 0 spiro atoms. The Hall–Kier alpha value is -2.10. The third kappa shape index (κ3) is 7.55. The van der Waals surface area contributed by atoms with Crippen LogP contribution >= 0.6 is 11.8 Å². The highest BCUT2D eigenvalue weighted by molar-refractivity contribution is 8.00. The molecule has 1 aromatic rings. The van der Waals surface area contributed by atoms with Crippen molar-refractivity contribution in [2.45, 2.75) is 18.6 Å². The number of benzene rings is 1. The highest BCUT2D eigenvalue weighted by atomic mass is 32.2. The number of carboxylic acid groups (broad SMARTS) is 1. The lowest BCUT2D eigenvalue weighted by Crippen LogP contribution is -2.32. The number of methoxy groups -OCH3 is 2. The third-order valence-corrected chi connectivity index (χ3v) is 4.03. The van der Waals surface area contributed by atoms with Gasteiger partial charge in [0.2, 0.25) is 5.91 Å². The average Bonchev–Trinajstić information content (AvgIpc) is 2.51. The first-order valence-corrected chi connectivity index (χ1v) is 8.19. The minimum absolute atomic E-state index is 0.300. The van der Waals surface area contributed by atoms with Crippen molar-refractivity contribution in [2.24, 2.45) is 0 Å². The molecular formula is C15H18F3NO5S. The van der Waals surface area contributed by atoms with Gasteiger partial charge in [-0.2, -0.15) is 13.2 Å². The zero-order chi connectivity index (χ0) is 19.0. The van der Waals surface area contributed by atoms with E-state index in [-0.39, 0.29) is 0 Å². The van der Waals surface area contributed by atoms with Gasteiger partial charge in [0.15, 0.2) is 0 Å². The summed E-state index contributed by atoms with van der Waals surface area (Å²) in [7, 11) is 2.82. The highest BCUT2D eigenvalue weighted by Crippen LogP contribution is 2.31. The van der Waals surface area contributed by atoms with Crippen LogP contribution in [0.3, 0.4) is 0 Å². The molecule has 6 nitrogen and oxygen atoms in total. The summed E-state index contributed by atoms with van der Waals surface area (Å²) in [6.07, 6.45) is -4.82. The number of carboxylic acids is 1. The lowest BCUT2D eigenvalue weighted by atomic mass is 10.0. The van der Waals surface area contributed by atoms with E-state index >= 15 is 0 Å². The van der Waals surface area contributed by atoms with Crippen molar-refractivity contribution in [1.82, 2.24) is 5.32 Å². The van der Waals surface area contributed by atoms with E-state index in [1.807, 2.05) is 0 Å². The van der Waals surface area contributed by atoms with Crippen molar-refractivity contribution in [2.75, 3.05) is 25.7 Å². The van der Waals surface area contributed by atoms with Gasteiger partial charge < -0.3 is 19.9 Å². The maximum atomic E-state index is 12.1. The number of hydrogen-bond donors (Lipinski definition) is 2. The van der Waals surface area contributed by atoms with Crippen LogP contribution in [0, 0.1) is 0 Å². The summed E-state index contributed by atoms with van der Waals surface area (Å²) in [4.78, 5) is 22.9. The molecule has 1 unspecified atom stereocenters. The second-order valence-electron chi connectivity index (χ2n) is 4.93. The molecule has 140 valence electrons. The molecule has 0 aliphatic heterocycles. The lowest BCUT2D eigenvalue weighted by molar-refractivity contribution is -0.137. The summed E-state index contributed by atoms with van der Waals surface area (Å²) in [6.45, 7) is 0. The van der Waals surface area contributed by atoms with E-state index < -0.39 is 42.0 Å². The largest absolute Gasteiger partial charge is 0.497 e. The van der Waals surface area contributed by atoms with E-state index in [0.717, 1.165) is 0 Å². The van der Waals surface area contributed by atoms with Gasteiger partial charge in [-0.1, -0.05) is 0 Å². The Kier molecular flexibility index (Phi) is 7.88.